The van der Waals surface area contributed by atoms with E-state index in [0.717, 1.165) is 11.4 Å². The van der Waals surface area contributed by atoms with Crippen molar-refractivity contribution in [2.24, 2.45) is 5.92 Å². The fourth-order valence-corrected chi connectivity index (χ4v) is 3.45. The van der Waals surface area contributed by atoms with Crippen LogP contribution in [-0.2, 0) is 0 Å². The second kappa shape index (κ2) is 5.32. The van der Waals surface area contributed by atoms with Gasteiger partial charge in [-0.25, -0.2) is 0 Å². The molecular formula is C14H21NOS. The molecule has 1 atom stereocenters. The molecule has 94 valence electrons. The molecule has 3 heteroatoms. The van der Waals surface area contributed by atoms with Crippen LogP contribution in [0.2, 0.25) is 0 Å². The summed E-state index contributed by atoms with van der Waals surface area (Å²) in [6.07, 6.45) is 2.48. The number of rotatable bonds is 4. The summed E-state index contributed by atoms with van der Waals surface area (Å²) in [5.74, 6) is 0.936. The van der Waals surface area contributed by atoms with Crippen LogP contribution in [-0.4, -0.2) is 29.8 Å². The SMILES string of the molecule is Cc1ccc(C(=O)CN2CCCC2C(C)C)s1. The highest BCUT2D eigenvalue weighted by atomic mass is 32.1. The van der Waals surface area contributed by atoms with E-state index in [2.05, 4.69) is 18.7 Å². The first-order valence-corrected chi connectivity index (χ1v) is 7.23. The standard InChI is InChI=1S/C14H21NOS/c1-10(2)12-5-4-8-15(12)9-13(16)14-7-6-11(3)17-14/h6-7,10,12H,4-5,8-9H2,1-3H3. The van der Waals surface area contributed by atoms with Gasteiger partial charge < -0.3 is 0 Å². The molecule has 1 aromatic heterocycles. The van der Waals surface area contributed by atoms with Crippen molar-refractivity contribution in [3.8, 4) is 0 Å². The van der Waals surface area contributed by atoms with E-state index >= 15 is 0 Å². The van der Waals surface area contributed by atoms with Crippen LogP contribution in [0.3, 0.4) is 0 Å². The molecule has 1 aromatic rings. The third-order valence-corrected chi connectivity index (χ3v) is 4.59. The van der Waals surface area contributed by atoms with Crippen LogP contribution in [0.1, 0.15) is 41.2 Å². The van der Waals surface area contributed by atoms with Crippen molar-refractivity contribution in [2.75, 3.05) is 13.1 Å². The lowest BCUT2D eigenvalue weighted by molar-refractivity contribution is 0.0908. The minimum Gasteiger partial charge on any atom is -0.293 e. The van der Waals surface area contributed by atoms with E-state index in [1.807, 2.05) is 19.1 Å². The number of carbonyl (C=O) groups is 1. The maximum absolute atomic E-state index is 12.2. The minimum absolute atomic E-state index is 0.288. The number of likely N-dealkylation sites (tertiary alicyclic amines) is 1. The topological polar surface area (TPSA) is 20.3 Å². The van der Waals surface area contributed by atoms with Crippen molar-refractivity contribution < 1.29 is 4.79 Å². The number of thiophene rings is 1. The van der Waals surface area contributed by atoms with Gasteiger partial charge in [-0.05, 0) is 44.4 Å². The Hall–Kier alpha value is -0.670. The molecule has 2 rings (SSSR count). The molecule has 0 N–H and O–H groups in total. The summed E-state index contributed by atoms with van der Waals surface area (Å²) in [6.45, 7) is 8.24. The van der Waals surface area contributed by atoms with Gasteiger partial charge in [-0.1, -0.05) is 13.8 Å². The Kier molecular flexibility index (Phi) is 4.00. The van der Waals surface area contributed by atoms with Crippen molar-refractivity contribution in [1.82, 2.24) is 4.90 Å². The Bertz CT molecular complexity index is 397. The molecular weight excluding hydrogens is 230 g/mol. The Balaban J connectivity index is 1.99. The normalized spacial score (nSPS) is 21.3. The molecule has 0 bridgehead atoms. The molecule has 1 unspecified atom stereocenters. The van der Waals surface area contributed by atoms with E-state index in [4.69, 9.17) is 0 Å². The van der Waals surface area contributed by atoms with Crippen LogP contribution in [0.15, 0.2) is 12.1 Å². The van der Waals surface area contributed by atoms with Crippen LogP contribution >= 0.6 is 11.3 Å². The molecule has 0 aromatic carbocycles. The molecule has 0 radical (unpaired) electrons. The van der Waals surface area contributed by atoms with Gasteiger partial charge >= 0.3 is 0 Å². The van der Waals surface area contributed by atoms with Gasteiger partial charge in [-0.15, -0.1) is 11.3 Å². The van der Waals surface area contributed by atoms with Crippen LogP contribution in [0.4, 0.5) is 0 Å². The second-order valence-electron chi connectivity index (χ2n) is 5.26. The number of hydrogen-bond acceptors (Lipinski definition) is 3. The van der Waals surface area contributed by atoms with Gasteiger partial charge in [0.15, 0.2) is 5.78 Å². The molecule has 0 amide bonds. The van der Waals surface area contributed by atoms with E-state index in [9.17, 15) is 4.79 Å². The number of hydrogen-bond donors (Lipinski definition) is 0. The monoisotopic (exact) mass is 251 g/mol. The van der Waals surface area contributed by atoms with Crippen LogP contribution in [0.5, 0.6) is 0 Å². The van der Waals surface area contributed by atoms with Crippen molar-refractivity contribution in [2.45, 2.75) is 39.7 Å². The average Bonchev–Trinajstić information content (AvgIpc) is 2.86. The van der Waals surface area contributed by atoms with Crippen molar-refractivity contribution >= 4 is 17.1 Å². The molecule has 1 saturated heterocycles. The van der Waals surface area contributed by atoms with Crippen molar-refractivity contribution in [1.29, 1.82) is 0 Å². The lowest BCUT2D eigenvalue weighted by Gasteiger charge is -2.26. The molecule has 0 spiro atoms. The van der Waals surface area contributed by atoms with Crippen LogP contribution < -0.4 is 0 Å². The molecule has 1 aliphatic rings. The lowest BCUT2D eigenvalue weighted by Crippen LogP contribution is -2.37. The van der Waals surface area contributed by atoms with Gasteiger partial charge in [0, 0.05) is 10.9 Å². The Morgan fingerprint density at radius 2 is 2.29 bits per heavy atom. The van der Waals surface area contributed by atoms with Crippen LogP contribution in [0.25, 0.3) is 0 Å². The molecule has 1 fully saturated rings. The average molecular weight is 251 g/mol. The number of Topliss-reactive ketones (excluding diaryl/α,β-unsaturated/α-hetero) is 1. The summed E-state index contributed by atoms with van der Waals surface area (Å²) in [4.78, 5) is 16.6. The predicted molar refractivity (Wildman–Crippen MR) is 72.8 cm³/mol. The fraction of sp³-hybridized carbons (Fsp3) is 0.643. The van der Waals surface area contributed by atoms with E-state index < -0.39 is 0 Å². The first-order chi connectivity index (χ1) is 8.08. The van der Waals surface area contributed by atoms with E-state index in [1.165, 1.54) is 17.7 Å². The van der Waals surface area contributed by atoms with Crippen molar-refractivity contribution in [3.63, 3.8) is 0 Å². The molecule has 2 nitrogen and oxygen atoms in total. The highest BCUT2D eigenvalue weighted by Crippen LogP contribution is 2.24. The number of carbonyl (C=O) groups excluding carboxylic acids is 1. The zero-order chi connectivity index (χ0) is 12.4. The molecule has 2 heterocycles. The third-order valence-electron chi connectivity index (χ3n) is 3.55. The van der Waals surface area contributed by atoms with E-state index in [1.54, 1.807) is 11.3 Å². The van der Waals surface area contributed by atoms with Gasteiger partial charge in [0.05, 0.1) is 11.4 Å². The summed E-state index contributed by atoms with van der Waals surface area (Å²) in [6, 6.07) is 4.59. The van der Waals surface area contributed by atoms with E-state index in [-0.39, 0.29) is 5.78 Å². The smallest absolute Gasteiger partial charge is 0.186 e. The van der Waals surface area contributed by atoms with E-state index in [0.29, 0.717) is 18.5 Å². The summed E-state index contributed by atoms with van der Waals surface area (Å²) in [5, 5.41) is 0. The number of nitrogens with zero attached hydrogens (tertiary/aromatic N) is 1. The Labute approximate surface area is 108 Å². The molecule has 0 saturated carbocycles. The van der Waals surface area contributed by atoms with Gasteiger partial charge in [0.1, 0.15) is 0 Å². The lowest BCUT2D eigenvalue weighted by atomic mass is 10.0. The Morgan fingerprint density at radius 1 is 1.53 bits per heavy atom. The van der Waals surface area contributed by atoms with Crippen LogP contribution in [0, 0.1) is 12.8 Å². The third kappa shape index (κ3) is 2.96. The van der Waals surface area contributed by atoms with Gasteiger partial charge in [0.2, 0.25) is 0 Å². The minimum atomic E-state index is 0.288. The molecule has 1 aliphatic heterocycles. The summed E-state index contributed by atoms with van der Waals surface area (Å²) >= 11 is 1.61. The first kappa shape index (κ1) is 12.8. The summed E-state index contributed by atoms with van der Waals surface area (Å²) in [7, 11) is 0. The zero-order valence-electron chi connectivity index (χ0n) is 10.9. The maximum atomic E-state index is 12.2. The van der Waals surface area contributed by atoms with Gasteiger partial charge in [-0.3, -0.25) is 9.69 Å². The van der Waals surface area contributed by atoms with Crippen molar-refractivity contribution in [3.05, 3.63) is 21.9 Å². The van der Waals surface area contributed by atoms with Gasteiger partial charge in [-0.2, -0.15) is 0 Å². The predicted octanol–water partition coefficient (Wildman–Crippen LogP) is 3.36. The molecule has 17 heavy (non-hydrogen) atoms. The highest BCUT2D eigenvalue weighted by Gasteiger charge is 2.28. The Morgan fingerprint density at radius 3 is 2.88 bits per heavy atom. The highest BCUT2D eigenvalue weighted by molar-refractivity contribution is 7.14. The number of ketones is 1. The number of aryl methyl sites for hydroxylation is 1. The first-order valence-electron chi connectivity index (χ1n) is 6.41. The fourth-order valence-electron chi connectivity index (χ4n) is 2.65. The second-order valence-corrected chi connectivity index (χ2v) is 6.55. The zero-order valence-corrected chi connectivity index (χ0v) is 11.7. The largest absolute Gasteiger partial charge is 0.293 e. The van der Waals surface area contributed by atoms with Gasteiger partial charge in [0.25, 0.3) is 0 Å². The molecule has 0 aliphatic carbocycles. The quantitative estimate of drug-likeness (QED) is 0.765. The maximum Gasteiger partial charge on any atom is 0.186 e. The summed E-state index contributed by atoms with van der Waals surface area (Å²) in [5.41, 5.74) is 0. The summed E-state index contributed by atoms with van der Waals surface area (Å²) < 4.78 is 0.